The van der Waals surface area contributed by atoms with E-state index in [1.54, 1.807) is 12.1 Å². The van der Waals surface area contributed by atoms with Gasteiger partial charge in [-0.15, -0.1) is 0 Å². The quantitative estimate of drug-likeness (QED) is 0.811. The van der Waals surface area contributed by atoms with Crippen molar-refractivity contribution in [2.24, 2.45) is 0 Å². The molecule has 13 heavy (non-hydrogen) atoms. The minimum absolute atomic E-state index is 0.260. The molecule has 0 bridgehead atoms. The zero-order chi connectivity index (χ0) is 9.84. The number of halogens is 1. The number of aromatic carboxylic acids is 1. The molecule has 3 heteroatoms. The first-order chi connectivity index (χ1) is 6.13. The Kier molecular flexibility index (Phi) is 3.32. The van der Waals surface area contributed by atoms with Gasteiger partial charge in [-0.25, -0.2) is 4.79 Å². The topological polar surface area (TPSA) is 37.3 Å². The summed E-state index contributed by atoms with van der Waals surface area (Å²) < 4.78 is 0. The van der Waals surface area contributed by atoms with Gasteiger partial charge in [-0.2, -0.15) is 0 Å². The van der Waals surface area contributed by atoms with Crippen molar-refractivity contribution in [3.8, 4) is 0 Å². The van der Waals surface area contributed by atoms with E-state index >= 15 is 0 Å². The Balaban J connectivity index is 3.03. The van der Waals surface area contributed by atoms with Crippen LogP contribution in [0.25, 0.3) is 0 Å². The van der Waals surface area contributed by atoms with Crippen LogP contribution in [0.4, 0.5) is 0 Å². The summed E-state index contributed by atoms with van der Waals surface area (Å²) in [5.41, 5.74) is 1.24. The Morgan fingerprint density at radius 2 is 2.15 bits per heavy atom. The lowest BCUT2D eigenvalue weighted by Gasteiger charge is -2.01. The number of carboxylic acid groups (broad SMARTS) is 1. The summed E-state index contributed by atoms with van der Waals surface area (Å²) in [5, 5.41) is 9.23. The van der Waals surface area contributed by atoms with E-state index in [-0.39, 0.29) is 5.56 Å². The number of hydrogen-bond acceptors (Lipinski definition) is 1. The minimum atomic E-state index is -0.931. The van der Waals surface area contributed by atoms with Crippen LogP contribution in [0.1, 0.15) is 29.3 Å². The lowest BCUT2D eigenvalue weighted by molar-refractivity contribution is 0.0697. The highest BCUT2D eigenvalue weighted by Gasteiger charge is 2.05. The van der Waals surface area contributed by atoms with Crippen LogP contribution in [0.5, 0.6) is 0 Å². The van der Waals surface area contributed by atoms with E-state index in [1.165, 1.54) is 6.07 Å². The van der Waals surface area contributed by atoms with E-state index in [0.717, 1.165) is 18.4 Å². The Bertz CT molecular complexity index is 321. The van der Waals surface area contributed by atoms with Crippen molar-refractivity contribution < 1.29 is 9.90 Å². The second-order valence-corrected chi connectivity index (χ2v) is 3.34. The molecule has 0 spiro atoms. The maximum atomic E-state index is 10.7. The summed E-state index contributed by atoms with van der Waals surface area (Å²) in [6.45, 7) is 2.04. The van der Waals surface area contributed by atoms with Gasteiger partial charge in [0.05, 0.1) is 5.56 Å². The van der Waals surface area contributed by atoms with Crippen molar-refractivity contribution in [2.75, 3.05) is 0 Å². The molecular formula is C10H11ClO2. The first kappa shape index (κ1) is 10.1. The maximum Gasteiger partial charge on any atom is 0.335 e. The summed E-state index contributed by atoms with van der Waals surface area (Å²) in [7, 11) is 0. The highest BCUT2D eigenvalue weighted by Crippen LogP contribution is 2.16. The van der Waals surface area contributed by atoms with E-state index in [4.69, 9.17) is 16.7 Å². The van der Waals surface area contributed by atoms with Crippen LogP contribution < -0.4 is 0 Å². The smallest absolute Gasteiger partial charge is 0.335 e. The van der Waals surface area contributed by atoms with Crippen LogP contribution in [0.3, 0.4) is 0 Å². The van der Waals surface area contributed by atoms with E-state index in [9.17, 15) is 4.79 Å². The molecule has 0 saturated carbocycles. The maximum absolute atomic E-state index is 10.7. The first-order valence-electron chi connectivity index (χ1n) is 4.16. The highest BCUT2D eigenvalue weighted by molar-refractivity contribution is 6.31. The van der Waals surface area contributed by atoms with Crippen LogP contribution in [0, 0.1) is 0 Å². The van der Waals surface area contributed by atoms with Gasteiger partial charge in [0, 0.05) is 5.02 Å². The third kappa shape index (κ3) is 2.74. The molecule has 0 unspecified atom stereocenters. The fourth-order valence-electron chi connectivity index (χ4n) is 1.21. The molecule has 1 aromatic carbocycles. The largest absolute Gasteiger partial charge is 0.478 e. The Morgan fingerprint density at radius 1 is 1.46 bits per heavy atom. The van der Waals surface area contributed by atoms with E-state index in [0.29, 0.717) is 5.02 Å². The van der Waals surface area contributed by atoms with Crippen LogP contribution in [-0.4, -0.2) is 11.1 Å². The van der Waals surface area contributed by atoms with Gasteiger partial charge < -0.3 is 5.11 Å². The number of rotatable bonds is 3. The lowest BCUT2D eigenvalue weighted by atomic mass is 10.1. The molecule has 1 aromatic rings. The van der Waals surface area contributed by atoms with Crippen LogP contribution in [0.2, 0.25) is 5.02 Å². The monoisotopic (exact) mass is 198 g/mol. The number of benzene rings is 1. The molecule has 70 valence electrons. The third-order valence-electron chi connectivity index (χ3n) is 1.74. The molecule has 0 heterocycles. The molecule has 0 radical (unpaired) electrons. The average Bonchev–Trinajstić information content (AvgIpc) is 2.03. The third-order valence-corrected chi connectivity index (χ3v) is 1.96. The standard InChI is InChI=1S/C10H11ClO2/c1-2-3-7-4-8(10(12)13)6-9(11)5-7/h4-6H,2-3H2,1H3,(H,12,13). The minimum Gasteiger partial charge on any atom is -0.478 e. The molecule has 0 aliphatic rings. The van der Waals surface area contributed by atoms with Crippen molar-refractivity contribution in [1.29, 1.82) is 0 Å². The molecule has 0 aliphatic carbocycles. The first-order valence-corrected chi connectivity index (χ1v) is 4.54. The summed E-state index contributed by atoms with van der Waals surface area (Å²) in [6.07, 6.45) is 1.85. The summed E-state index contributed by atoms with van der Waals surface area (Å²) in [4.78, 5) is 10.7. The molecule has 1 rings (SSSR count). The predicted octanol–water partition coefficient (Wildman–Crippen LogP) is 2.99. The molecule has 0 aromatic heterocycles. The fraction of sp³-hybridized carbons (Fsp3) is 0.300. The van der Waals surface area contributed by atoms with Gasteiger partial charge in [-0.05, 0) is 30.2 Å². The number of carbonyl (C=O) groups is 1. The summed E-state index contributed by atoms with van der Waals surface area (Å²) in [6, 6.07) is 4.93. The van der Waals surface area contributed by atoms with Gasteiger partial charge in [0.1, 0.15) is 0 Å². The molecule has 0 atom stereocenters. The van der Waals surface area contributed by atoms with Gasteiger partial charge in [-0.1, -0.05) is 24.9 Å². The highest BCUT2D eigenvalue weighted by atomic mass is 35.5. The van der Waals surface area contributed by atoms with E-state index in [2.05, 4.69) is 0 Å². The summed E-state index contributed by atoms with van der Waals surface area (Å²) >= 11 is 5.77. The zero-order valence-corrected chi connectivity index (χ0v) is 8.14. The van der Waals surface area contributed by atoms with Gasteiger partial charge in [0.25, 0.3) is 0 Å². The Labute approximate surface area is 82.2 Å². The normalized spacial score (nSPS) is 10.0. The second-order valence-electron chi connectivity index (χ2n) is 2.90. The summed E-state index contributed by atoms with van der Waals surface area (Å²) in [5.74, 6) is -0.931. The van der Waals surface area contributed by atoms with E-state index < -0.39 is 5.97 Å². The molecule has 0 aliphatic heterocycles. The number of carboxylic acids is 1. The molecule has 1 N–H and O–H groups in total. The second kappa shape index (κ2) is 4.28. The van der Waals surface area contributed by atoms with Crippen molar-refractivity contribution in [3.63, 3.8) is 0 Å². The van der Waals surface area contributed by atoms with Gasteiger partial charge in [0.2, 0.25) is 0 Å². The number of hydrogen-bond donors (Lipinski definition) is 1. The van der Waals surface area contributed by atoms with Crippen LogP contribution in [0.15, 0.2) is 18.2 Å². The van der Waals surface area contributed by atoms with Gasteiger partial charge >= 0.3 is 5.97 Å². The molecule has 0 fully saturated rings. The fourth-order valence-corrected chi connectivity index (χ4v) is 1.46. The van der Waals surface area contributed by atoms with Crippen molar-refractivity contribution in [2.45, 2.75) is 19.8 Å². The predicted molar refractivity (Wildman–Crippen MR) is 52.4 cm³/mol. The van der Waals surface area contributed by atoms with Gasteiger partial charge in [-0.3, -0.25) is 0 Å². The van der Waals surface area contributed by atoms with Crippen molar-refractivity contribution >= 4 is 17.6 Å². The number of aryl methyl sites for hydroxylation is 1. The Morgan fingerprint density at radius 3 is 2.69 bits per heavy atom. The van der Waals surface area contributed by atoms with Crippen LogP contribution >= 0.6 is 11.6 Å². The average molecular weight is 199 g/mol. The SMILES string of the molecule is CCCc1cc(Cl)cc(C(=O)O)c1. The van der Waals surface area contributed by atoms with E-state index in [1.807, 2.05) is 6.92 Å². The molecule has 0 amide bonds. The lowest BCUT2D eigenvalue weighted by Crippen LogP contribution is -1.97. The zero-order valence-electron chi connectivity index (χ0n) is 7.38. The molecule has 2 nitrogen and oxygen atoms in total. The van der Waals surface area contributed by atoms with Gasteiger partial charge in [0.15, 0.2) is 0 Å². The van der Waals surface area contributed by atoms with Crippen molar-refractivity contribution in [3.05, 3.63) is 34.3 Å². The Hall–Kier alpha value is -1.02. The molecule has 0 saturated heterocycles. The van der Waals surface area contributed by atoms with Crippen molar-refractivity contribution in [1.82, 2.24) is 0 Å². The molecular weight excluding hydrogens is 188 g/mol. The van der Waals surface area contributed by atoms with Crippen LogP contribution in [-0.2, 0) is 6.42 Å².